The standard InChI is InChI=1S/C7H6IN3/c1-5-2-3-6-9-10-7(8)11(6)4-5/h2-4H,1H3. The van der Waals surface area contributed by atoms with Gasteiger partial charge in [0.05, 0.1) is 0 Å². The molecule has 0 saturated heterocycles. The molecule has 11 heavy (non-hydrogen) atoms. The molecule has 0 spiro atoms. The van der Waals surface area contributed by atoms with Gasteiger partial charge in [-0.3, -0.25) is 4.40 Å². The monoisotopic (exact) mass is 259 g/mol. The highest BCUT2D eigenvalue weighted by Crippen LogP contribution is 2.07. The lowest BCUT2D eigenvalue weighted by molar-refractivity contribution is 1.04. The number of fused-ring (bicyclic) bond motifs is 1. The van der Waals surface area contributed by atoms with Crippen molar-refractivity contribution in [1.82, 2.24) is 14.6 Å². The second-order valence-corrected chi connectivity index (χ2v) is 3.37. The second-order valence-electron chi connectivity index (χ2n) is 2.40. The molecule has 0 atom stereocenters. The maximum Gasteiger partial charge on any atom is 0.198 e. The van der Waals surface area contributed by atoms with Crippen LogP contribution in [-0.4, -0.2) is 14.6 Å². The van der Waals surface area contributed by atoms with Crippen molar-refractivity contribution >= 4 is 28.2 Å². The number of aryl methyl sites for hydroxylation is 1. The van der Waals surface area contributed by atoms with E-state index in [1.54, 1.807) is 0 Å². The summed E-state index contributed by atoms with van der Waals surface area (Å²) in [6.07, 6.45) is 2.02. The Morgan fingerprint density at radius 1 is 1.36 bits per heavy atom. The van der Waals surface area contributed by atoms with Crippen LogP contribution in [0.15, 0.2) is 18.3 Å². The lowest BCUT2D eigenvalue weighted by atomic mass is 10.3. The molecule has 2 rings (SSSR count). The predicted molar refractivity (Wildman–Crippen MR) is 50.4 cm³/mol. The Morgan fingerprint density at radius 3 is 3.00 bits per heavy atom. The Labute approximate surface area is 77.6 Å². The van der Waals surface area contributed by atoms with Crippen LogP contribution in [0.4, 0.5) is 0 Å². The Hall–Kier alpha value is -0.650. The molecular weight excluding hydrogens is 253 g/mol. The summed E-state index contributed by atoms with van der Waals surface area (Å²) in [5.74, 6) is 0. The van der Waals surface area contributed by atoms with Gasteiger partial charge in [-0.1, -0.05) is 6.07 Å². The van der Waals surface area contributed by atoms with Gasteiger partial charge in [0.1, 0.15) is 0 Å². The highest BCUT2D eigenvalue weighted by Gasteiger charge is 1.99. The minimum absolute atomic E-state index is 0.903. The summed E-state index contributed by atoms with van der Waals surface area (Å²) >= 11 is 2.16. The first-order chi connectivity index (χ1) is 5.27. The molecule has 0 bridgehead atoms. The Morgan fingerprint density at radius 2 is 2.18 bits per heavy atom. The molecule has 0 fully saturated rings. The van der Waals surface area contributed by atoms with Crippen LogP contribution in [0.1, 0.15) is 5.56 Å². The Kier molecular flexibility index (Phi) is 1.56. The van der Waals surface area contributed by atoms with Crippen molar-refractivity contribution < 1.29 is 0 Å². The third-order valence-electron chi connectivity index (χ3n) is 1.51. The van der Waals surface area contributed by atoms with E-state index in [2.05, 4.69) is 39.7 Å². The van der Waals surface area contributed by atoms with Gasteiger partial charge in [0.25, 0.3) is 0 Å². The van der Waals surface area contributed by atoms with Crippen molar-refractivity contribution in [3.63, 3.8) is 0 Å². The normalized spacial score (nSPS) is 10.7. The average Bonchev–Trinajstić information content (AvgIpc) is 2.33. The van der Waals surface area contributed by atoms with E-state index in [0.717, 1.165) is 9.48 Å². The topological polar surface area (TPSA) is 30.2 Å². The predicted octanol–water partition coefficient (Wildman–Crippen LogP) is 1.64. The summed E-state index contributed by atoms with van der Waals surface area (Å²) in [7, 11) is 0. The summed E-state index contributed by atoms with van der Waals surface area (Å²) in [5, 5.41) is 7.90. The Bertz CT molecular complexity index is 393. The van der Waals surface area contributed by atoms with Crippen LogP contribution in [0.3, 0.4) is 0 Å². The van der Waals surface area contributed by atoms with E-state index in [-0.39, 0.29) is 0 Å². The fourth-order valence-corrected chi connectivity index (χ4v) is 1.46. The van der Waals surface area contributed by atoms with Gasteiger partial charge in [-0.25, -0.2) is 0 Å². The molecule has 0 aromatic carbocycles. The highest BCUT2D eigenvalue weighted by molar-refractivity contribution is 14.1. The molecule has 2 aromatic heterocycles. The molecule has 56 valence electrons. The molecule has 0 unspecified atom stereocenters. The van der Waals surface area contributed by atoms with Gasteiger partial charge in [0.15, 0.2) is 9.48 Å². The van der Waals surface area contributed by atoms with Gasteiger partial charge in [-0.05, 0) is 18.6 Å². The highest BCUT2D eigenvalue weighted by atomic mass is 127. The largest absolute Gasteiger partial charge is 0.278 e. The minimum Gasteiger partial charge on any atom is -0.278 e. The van der Waals surface area contributed by atoms with Crippen LogP contribution in [0.5, 0.6) is 0 Å². The summed E-state index contributed by atoms with van der Waals surface area (Å²) in [6.45, 7) is 2.05. The van der Waals surface area contributed by atoms with Crippen molar-refractivity contribution in [2.24, 2.45) is 0 Å². The summed E-state index contributed by atoms with van der Waals surface area (Å²) in [6, 6.07) is 3.99. The lowest BCUT2D eigenvalue weighted by Gasteiger charge is -1.93. The van der Waals surface area contributed by atoms with Gasteiger partial charge in [-0.15, -0.1) is 10.2 Å². The summed E-state index contributed by atoms with van der Waals surface area (Å²) in [4.78, 5) is 0. The number of nitrogens with zero attached hydrogens (tertiary/aromatic N) is 3. The van der Waals surface area contributed by atoms with Crippen LogP contribution in [-0.2, 0) is 0 Å². The van der Waals surface area contributed by atoms with E-state index >= 15 is 0 Å². The van der Waals surface area contributed by atoms with Gasteiger partial charge < -0.3 is 0 Å². The zero-order chi connectivity index (χ0) is 7.84. The van der Waals surface area contributed by atoms with Gasteiger partial charge in [0.2, 0.25) is 0 Å². The zero-order valence-electron chi connectivity index (χ0n) is 5.95. The van der Waals surface area contributed by atoms with Crippen molar-refractivity contribution in [3.8, 4) is 0 Å². The molecule has 0 aliphatic rings. The zero-order valence-corrected chi connectivity index (χ0v) is 8.11. The first kappa shape index (κ1) is 7.02. The van der Waals surface area contributed by atoms with Crippen molar-refractivity contribution in [2.45, 2.75) is 6.92 Å². The molecular formula is C7H6IN3. The van der Waals surface area contributed by atoms with E-state index in [1.807, 2.05) is 22.7 Å². The molecule has 0 N–H and O–H groups in total. The van der Waals surface area contributed by atoms with Crippen LogP contribution in [0, 0.1) is 10.8 Å². The van der Waals surface area contributed by atoms with Crippen LogP contribution >= 0.6 is 22.6 Å². The molecule has 4 heteroatoms. The first-order valence-corrected chi connectivity index (χ1v) is 4.32. The van der Waals surface area contributed by atoms with E-state index in [0.29, 0.717) is 0 Å². The first-order valence-electron chi connectivity index (χ1n) is 3.24. The number of pyridine rings is 1. The molecule has 3 nitrogen and oxygen atoms in total. The lowest BCUT2D eigenvalue weighted by Crippen LogP contribution is -1.87. The summed E-state index contributed by atoms with van der Waals surface area (Å²) in [5.41, 5.74) is 2.12. The van der Waals surface area contributed by atoms with Gasteiger partial charge in [0, 0.05) is 28.8 Å². The SMILES string of the molecule is Cc1ccc2nnc(I)n2c1. The molecule has 2 aromatic rings. The number of halogens is 1. The van der Waals surface area contributed by atoms with Crippen molar-refractivity contribution in [3.05, 3.63) is 27.7 Å². The number of hydrogen-bond acceptors (Lipinski definition) is 2. The number of hydrogen-bond donors (Lipinski definition) is 0. The van der Waals surface area contributed by atoms with Gasteiger partial charge in [-0.2, -0.15) is 0 Å². The minimum atomic E-state index is 0.903. The fraction of sp³-hybridized carbons (Fsp3) is 0.143. The maximum atomic E-state index is 3.96. The van der Waals surface area contributed by atoms with Crippen LogP contribution in [0.25, 0.3) is 5.65 Å². The second kappa shape index (κ2) is 2.44. The number of aromatic nitrogens is 3. The molecule has 0 amide bonds. The quantitative estimate of drug-likeness (QED) is 0.673. The molecule has 0 radical (unpaired) electrons. The smallest absolute Gasteiger partial charge is 0.198 e. The average molecular weight is 259 g/mol. The van der Waals surface area contributed by atoms with Gasteiger partial charge >= 0.3 is 0 Å². The van der Waals surface area contributed by atoms with Crippen LogP contribution < -0.4 is 0 Å². The third-order valence-corrected chi connectivity index (χ3v) is 2.24. The van der Waals surface area contributed by atoms with Crippen LogP contribution in [0.2, 0.25) is 0 Å². The Balaban J connectivity index is 2.87. The van der Waals surface area contributed by atoms with E-state index in [4.69, 9.17) is 0 Å². The molecule has 2 heterocycles. The van der Waals surface area contributed by atoms with E-state index in [1.165, 1.54) is 5.56 Å². The fourth-order valence-electron chi connectivity index (χ4n) is 0.969. The van der Waals surface area contributed by atoms with E-state index < -0.39 is 0 Å². The molecule has 0 saturated carbocycles. The molecule has 0 aliphatic heterocycles. The maximum absolute atomic E-state index is 3.96. The summed E-state index contributed by atoms with van der Waals surface area (Å²) < 4.78 is 2.87. The van der Waals surface area contributed by atoms with Crippen molar-refractivity contribution in [2.75, 3.05) is 0 Å². The molecule has 0 aliphatic carbocycles. The third kappa shape index (κ3) is 1.11. The number of rotatable bonds is 0. The van der Waals surface area contributed by atoms with Crippen molar-refractivity contribution in [1.29, 1.82) is 0 Å². The van der Waals surface area contributed by atoms with E-state index in [9.17, 15) is 0 Å².